The number of nitrogens with two attached hydrogens (primary N) is 1. The normalized spacial score (nSPS) is 14.9. The molecule has 1 aliphatic heterocycles. The first-order valence-electron chi connectivity index (χ1n) is 10.9. The number of nitrogens with one attached hydrogen (secondary N) is 1. The molecule has 1 saturated heterocycles. The Hall–Kier alpha value is -4.06. The van der Waals surface area contributed by atoms with Crippen LogP contribution in [-0.2, 0) is 11.3 Å². The van der Waals surface area contributed by atoms with Crippen LogP contribution in [0, 0.1) is 0 Å². The number of carbonyl (C=O) groups excluding carboxylic acids is 2. The topological polar surface area (TPSA) is 84.7 Å². The summed E-state index contributed by atoms with van der Waals surface area (Å²) in [5.41, 5.74) is 10.3. The van der Waals surface area contributed by atoms with Crippen LogP contribution in [0.25, 0.3) is 6.08 Å². The molecule has 168 valence electrons. The van der Waals surface area contributed by atoms with Crippen molar-refractivity contribution in [2.75, 3.05) is 24.7 Å². The van der Waals surface area contributed by atoms with Crippen LogP contribution in [0.2, 0.25) is 0 Å². The molecule has 1 fully saturated rings. The van der Waals surface area contributed by atoms with Crippen LogP contribution in [0.3, 0.4) is 0 Å². The summed E-state index contributed by atoms with van der Waals surface area (Å²) in [7, 11) is 1.63. The maximum absolute atomic E-state index is 13.0. The molecule has 2 amide bonds. The molecule has 33 heavy (non-hydrogen) atoms. The molecular weight excluding hydrogens is 414 g/mol. The lowest BCUT2D eigenvalue weighted by atomic mass is 10.00. The minimum Gasteiger partial charge on any atom is -0.497 e. The monoisotopic (exact) mass is 441 g/mol. The van der Waals surface area contributed by atoms with Gasteiger partial charge in [-0.25, -0.2) is 0 Å². The molecule has 3 N–H and O–H groups in total. The molecule has 0 spiro atoms. The van der Waals surface area contributed by atoms with Gasteiger partial charge in [0.15, 0.2) is 0 Å². The van der Waals surface area contributed by atoms with E-state index >= 15 is 0 Å². The van der Waals surface area contributed by atoms with Gasteiger partial charge >= 0.3 is 0 Å². The third-order valence-corrected chi connectivity index (χ3v) is 5.69. The number of nitrogen functional groups attached to an aromatic ring is 1. The Bertz CT molecular complexity index is 1170. The first-order chi connectivity index (χ1) is 16.0. The molecule has 4 rings (SSSR count). The molecule has 0 aromatic heterocycles. The third kappa shape index (κ3) is 5.41. The highest BCUT2D eigenvalue weighted by molar-refractivity contribution is 6.05. The van der Waals surface area contributed by atoms with Crippen molar-refractivity contribution in [2.45, 2.75) is 19.4 Å². The summed E-state index contributed by atoms with van der Waals surface area (Å²) >= 11 is 0. The molecule has 0 unspecified atom stereocenters. The van der Waals surface area contributed by atoms with Gasteiger partial charge in [-0.3, -0.25) is 9.59 Å². The predicted octanol–water partition coefficient (Wildman–Crippen LogP) is 4.74. The number of anilines is 2. The zero-order valence-electron chi connectivity index (χ0n) is 18.6. The van der Waals surface area contributed by atoms with Crippen LogP contribution in [0.5, 0.6) is 5.75 Å². The Balaban J connectivity index is 1.40. The number of nitrogens with zero attached hydrogens (tertiary/aromatic N) is 1. The molecule has 0 radical (unpaired) electrons. The van der Waals surface area contributed by atoms with Gasteiger partial charge in [-0.2, -0.15) is 0 Å². The molecule has 0 saturated carbocycles. The van der Waals surface area contributed by atoms with Gasteiger partial charge < -0.3 is 20.7 Å². The van der Waals surface area contributed by atoms with Crippen molar-refractivity contribution in [1.29, 1.82) is 0 Å². The maximum Gasteiger partial charge on any atom is 0.255 e. The van der Waals surface area contributed by atoms with Gasteiger partial charge in [0.1, 0.15) is 5.75 Å². The number of likely N-dealkylation sites (tertiary alicyclic amines) is 1. The maximum atomic E-state index is 13.0. The van der Waals surface area contributed by atoms with E-state index in [1.807, 2.05) is 59.5 Å². The highest BCUT2D eigenvalue weighted by atomic mass is 16.5. The van der Waals surface area contributed by atoms with E-state index in [1.165, 1.54) is 0 Å². The predicted molar refractivity (Wildman–Crippen MR) is 131 cm³/mol. The summed E-state index contributed by atoms with van der Waals surface area (Å²) in [4.78, 5) is 27.4. The first kappa shape index (κ1) is 22.1. The quantitative estimate of drug-likeness (QED) is 0.428. The van der Waals surface area contributed by atoms with Gasteiger partial charge in [0, 0.05) is 24.2 Å². The number of hydrogen-bond donors (Lipinski definition) is 2. The minimum atomic E-state index is -0.224. The van der Waals surface area contributed by atoms with Crippen molar-refractivity contribution in [2.24, 2.45) is 0 Å². The zero-order valence-corrected chi connectivity index (χ0v) is 18.6. The van der Waals surface area contributed by atoms with Gasteiger partial charge in [-0.1, -0.05) is 36.4 Å². The summed E-state index contributed by atoms with van der Waals surface area (Å²) in [5.74, 6) is 0.620. The number of hydrogen-bond acceptors (Lipinski definition) is 4. The Morgan fingerprint density at radius 1 is 1.06 bits per heavy atom. The van der Waals surface area contributed by atoms with Crippen molar-refractivity contribution in [3.05, 3.63) is 95.1 Å². The van der Waals surface area contributed by atoms with E-state index in [0.717, 1.165) is 35.3 Å². The van der Waals surface area contributed by atoms with E-state index in [1.54, 1.807) is 31.4 Å². The zero-order chi connectivity index (χ0) is 23.2. The van der Waals surface area contributed by atoms with Gasteiger partial charge in [0.05, 0.1) is 18.5 Å². The first-order valence-corrected chi connectivity index (χ1v) is 10.9. The molecule has 1 heterocycles. The Morgan fingerprint density at radius 3 is 2.48 bits per heavy atom. The largest absolute Gasteiger partial charge is 0.497 e. The minimum absolute atomic E-state index is 0.0541. The van der Waals surface area contributed by atoms with Gasteiger partial charge in [-0.15, -0.1) is 0 Å². The van der Waals surface area contributed by atoms with E-state index in [4.69, 9.17) is 10.5 Å². The van der Waals surface area contributed by atoms with Crippen molar-refractivity contribution in [3.8, 4) is 5.75 Å². The van der Waals surface area contributed by atoms with E-state index in [-0.39, 0.29) is 11.8 Å². The SMILES string of the molecule is COc1ccc(/C=C2\CCCN(Cc3ccc(C(=O)Nc4ccccc4N)cc3)C2=O)cc1. The molecule has 0 bridgehead atoms. The summed E-state index contributed by atoms with van der Waals surface area (Å²) < 4.78 is 5.20. The highest BCUT2D eigenvalue weighted by Gasteiger charge is 2.23. The molecule has 0 atom stereocenters. The second-order valence-corrected chi connectivity index (χ2v) is 8.01. The van der Waals surface area contributed by atoms with Crippen LogP contribution in [0.15, 0.2) is 78.4 Å². The lowest BCUT2D eigenvalue weighted by Gasteiger charge is -2.28. The highest BCUT2D eigenvalue weighted by Crippen LogP contribution is 2.23. The van der Waals surface area contributed by atoms with Gasteiger partial charge in [0.2, 0.25) is 5.91 Å². The molecule has 0 aliphatic carbocycles. The molecule has 6 nitrogen and oxygen atoms in total. The van der Waals surface area contributed by atoms with Crippen molar-refractivity contribution in [3.63, 3.8) is 0 Å². The van der Waals surface area contributed by atoms with Crippen LogP contribution < -0.4 is 15.8 Å². The molecular formula is C27H27N3O3. The van der Waals surface area contributed by atoms with Crippen LogP contribution >= 0.6 is 0 Å². The summed E-state index contributed by atoms with van der Waals surface area (Å²) in [5, 5.41) is 2.83. The average molecular weight is 442 g/mol. The number of carbonyl (C=O) groups is 2. The number of rotatable bonds is 6. The number of piperidine rings is 1. The fourth-order valence-corrected chi connectivity index (χ4v) is 3.85. The Kier molecular flexibility index (Phi) is 6.74. The standard InChI is InChI=1S/C27H27N3O3/c1-33-23-14-10-19(11-15-23)17-22-5-4-16-30(27(22)32)18-20-8-12-21(13-9-20)26(31)29-25-7-3-2-6-24(25)28/h2-3,6-15,17H,4-5,16,18,28H2,1H3,(H,29,31)/b22-17+. The average Bonchev–Trinajstić information content (AvgIpc) is 2.84. The molecule has 1 aliphatic rings. The smallest absolute Gasteiger partial charge is 0.255 e. The lowest BCUT2D eigenvalue weighted by molar-refractivity contribution is -0.129. The van der Waals surface area contributed by atoms with Crippen LogP contribution in [0.4, 0.5) is 11.4 Å². The Labute approximate surface area is 193 Å². The second-order valence-electron chi connectivity index (χ2n) is 8.01. The number of para-hydroxylation sites is 2. The van der Waals surface area contributed by atoms with E-state index < -0.39 is 0 Å². The molecule has 3 aromatic carbocycles. The number of methoxy groups -OCH3 is 1. The van der Waals surface area contributed by atoms with Crippen molar-refractivity contribution >= 4 is 29.3 Å². The van der Waals surface area contributed by atoms with Crippen molar-refractivity contribution < 1.29 is 14.3 Å². The number of amides is 2. The van der Waals surface area contributed by atoms with E-state index in [0.29, 0.717) is 30.0 Å². The summed E-state index contributed by atoms with van der Waals surface area (Å²) in [6, 6.07) is 22.1. The third-order valence-electron chi connectivity index (χ3n) is 5.69. The summed E-state index contributed by atoms with van der Waals surface area (Å²) in [6.45, 7) is 1.22. The van der Waals surface area contributed by atoms with Crippen molar-refractivity contribution in [1.82, 2.24) is 4.90 Å². The van der Waals surface area contributed by atoms with E-state index in [2.05, 4.69) is 5.32 Å². The number of benzene rings is 3. The van der Waals surface area contributed by atoms with E-state index in [9.17, 15) is 9.59 Å². The van der Waals surface area contributed by atoms with Crippen LogP contribution in [-0.4, -0.2) is 30.4 Å². The second kappa shape index (κ2) is 10.0. The van der Waals surface area contributed by atoms with Gasteiger partial charge in [-0.05, 0) is 66.4 Å². The summed E-state index contributed by atoms with van der Waals surface area (Å²) in [6.07, 6.45) is 3.65. The lowest BCUT2D eigenvalue weighted by Crippen LogP contribution is -2.36. The fraction of sp³-hybridized carbons (Fsp3) is 0.185. The fourth-order valence-electron chi connectivity index (χ4n) is 3.85. The Morgan fingerprint density at radius 2 is 1.79 bits per heavy atom. The van der Waals surface area contributed by atoms with Crippen LogP contribution in [0.1, 0.15) is 34.3 Å². The number of ether oxygens (including phenoxy) is 1. The molecule has 6 heteroatoms. The van der Waals surface area contributed by atoms with Gasteiger partial charge in [0.25, 0.3) is 5.91 Å². The molecule has 3 aromatic rings.